The number of ether oxygens (including phenoxy) is 1. The molecule has 0 bridgehead atoms. The Morgan fingerprint density at radius 1 is 1.04 bits per heavy atom. The van der Waals surface area contributed by atoms with E-state index in [9.17, 15) is 38.8 Å². The summed E-state index contributed by atoms with van der Waals surface area (Å²) in [7, 11) is -10.3. The van der Waals surface area contributed by atoms with Crippen molar-refractivity contribution in [3.8, 4) is 0 Å². The minimum absolute atomic E-state index is 0.205. The molecule has 0 saturated carbocycles. The van der Waals surface area contributed by atoms with Gasteiger partial charge in [-0.25, -0.2) is 16.8 Å². The summed E-state index contributed by atoms with van der Waals surface area (Å²) < 4.78 is 114. The van der Waals surface area contributed by atoms with Gasteiger partial charge >= 0.3 is 12.1 Å². The third-order valence-corrected chi connectivity index (χ3v) is 6.45. The van der Waals surface area contributed by atoms with Gasteiger partial charge in [0, 0.05) is 0 Å². The lowest BCUT2D eigenvalue weighted by Crippen LogP contribution is -2.46. The number of benzene rings is 1. The Morgan fingerprint density at radius 3 is 1.96 bits per heavy atom. The number of halogens is 5. The van der Waals surface area contributed by atoms with Crippen molar-refractivity contribution in [1.29, 1.82) is 0 Å². The van der Waals surface area contributed by atoms with Crippen LogP contribution < -0.4 is 4.13 Å². The quantitative estimate of drug-likeness (QED) is 0.583. The van der Waals surface area contributed by atoms with Crippen LogP contribution in [0.15, 0.2) is 29.2 Å². The lowest BCUT2D eigenvalue weighted by Gasteiger charge is -2.19. The van der Waals surface area contributed by atoms with E-state index in [4.69, 9.17) is 4.74 Å². The predicted molar refractivity (Wildman–Crippen MR) is 70.2 cm³/mol. The van der Waals surface area contributed by atoms with Crippen LogP contribution in [-0.4, -0.2) is 41.3 Å². The van der Waals surface area contributed by atoms with E-state index in [2.05, 4.69) is 0 Å². The maximum atomic E-state index is 12.8. The normalized spacial score (nSPS) is 19.3. The summed E-state index contributed by atoms with van der Waals surface area (Å²) in [5.74, 6) is -8.34. The summed E-state index contributed by atoms with van der Waals surface area (Å²) in [4.78, 5) is -0.606. The molecule has 0 radical (unpaired) electrons. The highest BCUT2D eigenvalue weighted by Gasteiger charge is 2.60. The van der Waals surface area contributed by atoms with Crippen LogP contribution >= 0.6 is 0 Å². The topological polar surface area (TPSA) is 92.8 Å². The summed E-state index contributed by atoms with van der Waals surface area (Å²) in [6, 6.07) is 4.58. The second-order valence-electron chi connectivity index (χ2n) is 4.94. The molecule has 24 heavy (non-hydrogen) atoms. The highest BCUT2D eigenvalue weighted by molar-refractivity contribution is 8.04. The van der Waals surface area contributed by atoms with Crippen LogP contribution in [0.25, 0.3) is 0 Å². The van der Waals surface area contributed by atoms with Gasteiger partial charge in [-0.2, -0.15) is 22.0 Å². The molecule has 1 aromatic rings. The number of sulfonamides is 2. The highest BCUT2D eigenvalue weighted by atomic mass is 32.3. The van der Waals surface area contributed by atoms with E-state index in [1.807, 2.05) is 0 Å². The Morgan fingerprint density at radius 2 is 1.54 bits per heavy atom. The van der Waals surface area contributed by atoms with Crippen LogP contribution in [0.2, 0.25) is 0 Å². The summed E-state index contributed by atoms with van der Waals surface area (Å²) >= 11 is 0. The third kappa shape index (κ3) is 4.40. The molecule has 1 N–H and O–H groups in total. The Hall–Kier alpha value is -1.31. The van der Waals surface area contributed by atoms with Crippen LogP contribution in [0.3, 0.4) is 0 Å². The number of epoxide rings is 1. The van der Waals surface area contributed by atoms with Gasteiger partial charge in [-0.3, -0.25) is 0 Å². The van der Waals surface area contributed by atoms with Gasteiger partial charge in [-0.05, 0) is 17.7 Å². The van der Waals surface area contributed by atoms with Gasteiger partial charge in [0.2, 0.25) is 10.0 Å². The first-order chi connectivity index (χ1) is 10.7. The van der Waals surface area contributed by atoms with E-state index >= 15 is 0 Å². The molecule has 13 heteroatoms. The standard InChI is InChI=1S/C11H10F5NO5S2/c12-10(13,11(14,15)16)6-23(18,19)17-24(20,21)8-3-1-7(2-4-8)9-5-22-9/h1-4,9,17H,5-6H2. The van der Waals surface area contributed by atoms with E-state index in [1.54, 1.807) is 0 Å². The van der Waals surface area contributed by atoms with Gasteiger partial charge in [0.25, 0.3) is 10.0 Å². The molecule has 1 aliphatic rings. The summed E-state index contributed by atoms with van der Waals surface area (Å²) in [6.45, 7) is 0.436. The fraction of sp³-hybridized carbons (Fsp3) is 0.455. The Bertz CT molecular complexity index is 813. The van der Waals surface area contributed by atoms with Crippen molar-refractivity contribution in [2.75, 3.05) is 12.4 Å². The predicted octanol–water partition coefficient (Wildman–Crippen LogP) is 1.56. The van der Waals surface area contributed by atoms with Crippen LogP contribution in [-0.2, 0) is 24.8 Å². The molecular formula is C11H10F5NO5S2. The van der Waals surface area contributed by atoms with Crippen molar-refractivity contribution in [3.05, 3.63) is 29.8 Å². The van der Waals surface area contributed by atoms with Gasteiger partial charge in [0.05, 0.1) is 11.5 Å². The molecule has 136 valence electrons. The SMILES string of the molecule is O=S(=O)(CC(F)(F)C(F)(F)F)NS(=O)(=O)c1ccc(C2CO2)cc1. The van der Waals surface area contributed by atoms with Crippen molar-refractivity contribution in [2.24, 2.45) is 0 Å². The van der Waals surface area contributed by atoms with Crippen LogP contribution in [0, 0.1) is 0 Å². The van der Waals surface area contributed by atoms with Crippen LogP contribution in [0.1, 0.15) is 11.7 Å². The molecular weight excluding hydrogens is 385 g/mol. The first kappa shape index (κ1) is 19.0. The molecule has 0 amide bonds. The van der Waals surface area contributed by atoms with E-state index in [0.29, 0.717) is 12.2 Å². The molecule has 1 fully saturated rings. The van der Waals surface area contributed by atoms with Crippen molar-refractivity contribution in [2.45, 2.75) is 23.1 Å². The van der Waals surface area contributed by atoms with Gasteiger partial charge in [-0.15, -0.1) is 4.13 Å². The lowest BCUT2D eigenvalue weighted by molar-refractivity contribution is -0.271. The smallest absolute Gasteiger partial charge is 0.368 e. The molecule has 6 nitrogen and oxygen atoms in total. The molecule has 1 heterocycles. The number of nitrogens with one attached hydrogen (secondary N) is 1. The second kappa shape index (κ2) is 5.89. The third-order valence-electron chi connectivity index (χ3n) is 2.92. The van der Waals surface area contributed by atoms with E-state index in [0.717, 1.165) is 16.3 Å². The number of rotatable bonds is 6. The van der Waals surface area contributed by atoms with Crippen LogP contribution in [0.4, 0.5) is 22.0 Å². The zero-order chi connectivity index (χ0) is 18.4. The maximum absolute atomic E-state index is 12.8. The molecule has 1 aromatic carbocycles. The van der Waals surface area contributed by atoms with Crippen molar-refractivity contribution in [3.63, 3.8) is 0 Å². The van der Waals surface area contributed by atoms with Crippen molar-refractivity contribution >= 4 is 20.0 Å². The Kier molecular flexibility index (Phi) is 4.67. The van der Waals surface area contributed by atoms with Gasteiger partial charge in [0.15, 0.2) is 0 Å². The average Bonchev–Trinajstić information content (AvgIpc) is 3.18. The summed E-state index contributed by atoms with van der Waals surface area (Å²) in [6.07, 6.45) is -6.33. The zero-order valence-corrected chi connectivity index (χ0v) is 13.2. The maximum Gasteiger partial charge on any atom is 0.454 e. The zero-order valence-electron chi connectivity index (χ0n) is 11.5. The monoisotopic (exact) mass is 395 g/mol. The molecule has 0 spiro atoms. The van der Waals surface area contributed by atoms with E-state index < -0.39 is 42.8 Å². The average molecular weight is 395 g/mol. The minimum atomic E-state index is -6.13. The van der Waals surface area contributed by atoms with Crippen molar-refractivity contribution < 1.29 is 43.5 Å². The molecule has 0 aromatic heterocycles. The van der Waals surface area contributed by atoms with E-state index in [-0.39, 0.29) is 6.10 Å². The molecule has 2 rings (SSSR count). The second-order valence-corrected chi connectivity index (χ2v) is 8.60. The molecule has 1 unspecified atom stereocenters. The van der Waals surface area contributed by atoms with Gasteiger partial charge < -0.3 is 4.74 Å². The molecule has 1 saturated heterocycles. The van der Waals surface area contributed by atoms with Gasteiger partial charge in [-0.1, -0.05) is 12.1 Å². The number of alkyl halides is 5. The summed E-state index contributed by atoms with van der Waals surface area (Å²) in [5.41, 5.74) is 0.611. The van der Waals surface area contributed by atoms with E-state index in [1.165, 1.54) is 12.1 Å². The molecule has 1 aliphatic heterocycles. The fourth-order valence-corrected chi connectivity index (χ4v) is 4.76. The first-order valence-corrected chi connectivity index (χ1v) is 9.29. The van der Waals surface area contributed by atoms with Crippen molar-refractivity contribution in [1.82, 2.24) is 4.13 Å². The minimum Gasteiger partial charge on any atom is -0.368 e. The number of hydrogen-bond acceptors (Lipinski definition) is 5. The molecule has 0 aliphatic carbocycles. The van der Waals surface area contributed by atoms with Gasteiger partial charge in [0.1, 0.15) is 11.9 Å². The lowest BCUT2D eigenvalue weighted by atomic mass is 10.2. The molecule has 1 atom stereocenters. The summed E-state index contributed by atoms with van der Waals surface area (Å²) in [5, 5.41) is 0. The largest absolute Gasteiger partial charge is 0.454 e. The fourth-order valence-electron chi connectivity index (χ4n) is 1.67. The highest BCUT2D eigenvalue weighted by Crippen LogP contribution is 2.36. The Labute approximate surface area is 133 Å². The van der Waals surface area contributed by atoms with Crippen LogP contribution in [0.5, 0.6) is 0 Å². The first-order valence-electron chi connectivity index (χ1n) is 6.16. The number of hydrogen-bond donors (Lipinski definition) is 1. The Balaban J connectivity index is 2.18.